The van der Waals surface area contributed by atoms with Crippen molar-refractivity contribution in [3.05, 3.63) is 40.0 Å². The van der Waals surface area contributed by atoms with Crippen molar-refractivity contribution in [3.63, 3.8) is 0 Å². The molecule has 0 atom stereocenters. The van der Waals surface area contributed by atoms with Crippen molar-refractivity contribution in [3.8, 4) is 5.75 Å². The lowest BCUT2D eigenvalue weighted by Gasteiger charge is -2.59. The van der Waals surface area contributed by atoms with Crippen LogP contribution in [0.2, 0.25) is 10.0 Å². The van der Waals surface area contributed by atoms with Crippen LogP contribution in [-0.2, 0) is 12.0 Å². The van der Waals surface area contributed by atoms with Crippen LogP contribution in [0.3, 0.4) is 0 Å². The molecule has 0 radical (unpaired) electrons. The SMILES string of the molecule is Clc1ccc(OCc2noc(C34CC(C3)C4)n2)cc1Cl. The van der Waals surface area contributed by atoms with Gasteiger partial charge in [-0.25, -0.2) is 0 Å². The fourth-order valence-electron chi connectivity index (χ4n) is 2.98. The third-order valence-corrected chi connectivity index (χ3v) is 4.96. The molecule has 3 aliphatic rings. The number of aromatic nitrogens is 2. The number of halogens is 2. The number of hydrogen-bond donors (Lipinski definition) is 0. The fraction of sp³-hybridized carbons (Fsp3) is 0.429. The van der Waals surface area contributed by atoms with E-state index in [2.05, 4.69) is 10.1 Å². The zero-order chi connectivity index (χ0) is 13.7. The second kappa shape index (κ2) is 4.37. The Morgan fingerprint density at radius 1 is 1.25 bits per heavy atom. The van der Waals surface area contributed by atoms with Crippen LogP contribution in [0.1, 0.15) is 31.0 Å². The minimum absolute atomic E-state index is 0.194. The highest BCUT2D eigenvalue weighted by molar-refractivity contribution is 6.42. The third kappa shape index (κ3) is 1.90. The predicted molar refractivity (Wildman–Crippen MR) is 74.1 cm³/mol. The fourth-order valence-corrected chi connectivity index (χ4v) is 3.27. The Balaban J connectivity index is 1.43. The summed E-state index contributed by atoms with van der Waals surface area (Å²) < 4.78 is 10.9. The van der Waals surface area contributed by atoms with Gasteiger partial charge in [0.15, 0.2) is 6.61 Å². The van der Waals surface area contributed by atoms with Crippen LogP contribution in [0.25, 0.3) is 0 Å². The molecule has 2 bridgehead atoms. The van der Waals surface area contributed by atoms with Crippen molar-refractivity contribution < 1.29 is 9.26 Å². The average molecular weight is 311 g/mol. The van der Waals surface area contributed by atoms with Crippen molar-refractivity contribution in [1.82, 2.24) is 10.1 Å². The van der Waals surface area contributed by atoms with Gasteiger partial charge in [-0.15, -0.1) is 0 Å². The number of rotatable bonds is 4. The Bertz CT molecular complexity index is 654. The number of hydrogen-bond acceptors (Lipinski definition) is 4. The highest BCUT2D eigenvalue weighted by atomic mass is 35.5. The Hall–Kier alpha value is -1.26. The van der Waals surface area contributed by atoms with Gasteiger partial charge < -0.3 is 9.26 Å². The molecule has 20 heavy (non-hydrogen) atoms. The first-order valence-electron chi connectivity index (χ1n) is 6.56. The maximum absolute atomic E-state index is 5.93. The topological polar surface area (TPSA) is 48.2 Å². The van der Waals surface area contributed by atoms with Gasteiger partial charge in [-0.2, -0.15) is 4.98 Å². The van der Waals surface area contributed by atoms with Crippen molar-refractivity contribution in [2.24, 2.45) is 5.92 Å². The first kappa shape index (κ1) is 12.5. The predicted octanol–water partition coefficient (Wildman–Crippen LogP) is 4.01. The zero-order valence-electron chi connectivity index (χ0n) is 10.6. The van der Waals surface area contributed by atoms with E-state index in [4.69, 9.17) is 32.5 Å². The summed E-state index contributed by atoms with van der Waals surface area (Å²) in [4.78, 5) is 4.44. The molecule has 3 saturated carbocycles. The van der Waals surface area contributed by atoms with Crippen molar-refractivity contribution >= 4 is 23.2 Å². The molecular formula is C14H12Cl2N2O2. The van der Waals surface area contributed by atoms with E-state index in [1.165, 1.54) is 19.3 Å². The van der Waals surface area contributed by atoms with Crippen molar-refractivity contribution in [1.29, 1.82) is 0 Å². The minimum Gasteiger partial charge on any atom is -0.485 e. The summed E-state index contributed by atoms with van der Waals surface area (Å²) in [6.07, 6.45) is 3.59. The molecule has 2 aromatic rings. The smallest absolute Gasteiger partial charge is 0.233 e. The van der Waals surface area contributed by atoms with Crippen LogP contribution in [0.4, 0.5) is 0 Å². The summed E-state index contributed by atoms with van der Waals surface area (Å²) in [5.74, 6) is 2.86. The van der Waals surface area contributed by atoms with Crippen LogP contribution >= 0.6 is 23.2 Å². The van der Waals surface area contributed by atoms with Gasteiger partial charge in [0.05, 0.1) is 15.5 Å². The Morgan fingerprint density at radius 3 is 2.70 bits per heavy atom. The van der Waals surface area contributed by atoms with E-state index in [-0.39, 0.29) is 12.0 Å². The molecule has 104 valence electrons. The second-order valence-electron chi connectivity index (χ2n) is 5.64. The van der Waals surface area contributed by atoms with Gasteiger partial charge in [-0.05, 0) is 37.3 Å². The Kier molecular flexibility index (Phi) is 2.72. The molecule has 0 aliphatic heterocycles. The summed E-state index contributed by atoms with van der Waals surface area (Å²) >= 11 is 11.8. The first-order chi connectivity index (χ1) is 9.64. The standard InChI is InChI=1S/C14H12Cl2N2O2/c15-10-2-1-9(3-11(10)16)19-7-12-17-13(20-18-12)14-4-8(5-14)6-14/h1-3,8H,4-7H2. The van der Waals surface area contributed by atoms with Crippen LogP contribution in [0.15, 0.2) is 22.7 Å². The molecule has 3 fully saturated rings. The summed E-state index contributed by atoms with van der Waals surface area (Å²) in [6.45, 7) is 0.265. The Morgan fingerprint density at radius 2 is 2.05 bits per heavy atom. The van der Waals surface area contributed by atoms with E-state index in [1.54, 1.807) is 18.2 Å². The van der Waals surface area contributed by atoms with E-state index in [1.807, 2.05) is 0 Å². The molecule has 4 nitrogen and oxygen atoms in total. The van der Waals surface area contributed by atoms with Gasteiger partial charge in [-0.3, -0.25) is 0 Å². The average Bonchev–Trinajstić information content (AvgIpc) is 2.75. The van der Waals surface area contributed by atoms with Gasteiger partial charge in [0, 0.05) is 6.07 Å². The van der Waals surface area contributed by atoms with Gasteiger partial charge >= 0.3 is 0 Å². The summed E-state index contributed by atoms with van der Waals surface area (Å²) in [5.41, 5.74) is 0.194. The van der Waals surface area contributed by atoms with Crippen molar-refractivity contribution in [2.75, 3.05) is 0 Å². The molecule has 3 aliphatic carbocycles. The van der Waals surface area contributed by atoms with E-state index in [0.717, 1.165) is 11.8 Å². The minimum atomic E-state index is 0.194. The van der Waals surface area contributed by atoms with Gasteiger partial charge in [0.25, 0.3) is 0 Å². The van der Waals surface area contributed by atoms with E-state index < -0.39 is 0 Å². The summed E-state index contributed by atoms with van der Waals surface area (Å²) in [5, 5.41) is 4.94. The van der Waals surface area contributed by atoms with Crippen LogP contribution in [-0.4, -0.2) is 10.1 Å². The molecule has 1 heterocycles. The number of nitrogens with zero attached hydrogens (tertiary/aromatic N) is 2. The van der Waals surface area contributed by atoms with Gasteiger partial charge in [0.2, 0.25) is 11.7 Å². The zero-order valence-corrected chi connectivity index (χ0v) is 12.1. The normalized spacial score (nSPS) is 26.8. The maximum atomic E-state index is 5.93. The lowest BCUT2D eigenvalue weighted by molar-refractivity contribution is -0.0512. The molecule has 5 rings (SSSR count). The molecule has 6 heteroatoms. The lowest BCUT2D eigenvalue weighted by Crippen LogP contribution is -2.55. The second-order valence-corrected chi connectivity index (χ2v) is 6.45. The quantitative estimate of drug-likeness (QED) is 0.856. The summed E-state index contributed by atoms with van der Waals surface area (Å²) in [6, 6.07) is 5.13. The first-order valence-corrected chi connectivity index (χ1v) is 7.31. The van der Waals surface area contributed by atoms with E-state index in [9.17, 15) is 0 Å². The molecule has 0 unspecified atom stereocenters. The van der Waals surface area contributed by atoms with Crippen LogP contribution in [0.5, 0.6) is 5.75 Å². The molecule has 1 aromatic carbocycles. The largest absolute Gasteiger partial charge is 0.485 e. The Labute approximate surface area is 126 Å². The number of ether oxygens (including phenoxy) is 1. The molecule has 0 N–H and O–H groups in total. The third-order valence-electron chi connectivity index (χ3n) is 4.22. The van der Waals surface area contributed by atoms with E-state index >= 15 is 0 Å². The molecule has 0 spiro atoms. The summed E-state index contributed by atoms with van der Waals surface area (Å²) in [7, 11) is 0. The van der Waals surface area contributed by atoms with Crippen LogP contribution in [0, 0.1) is 5.92 Å². The molecular weight excluding hydrogens is 299 g/mol. The van der Waals surface area contributed by atoms with Crippen LogP contribution < -0.4 is 4.74 Å². The van der Waals surface area contributed by atoms with Gasteiger partial charge in [0.1, 0.15) is 5.75 Å². The monoisotopic (exact) mass is 310 g/mol. The number of benzene rings is 1. The highest BCUT2D eigenvalue weighted by Crippen LogP contribution is 2.64. The molecule has 0 amide bonds. The van der Waals surface area contributed by atoms with E-state index in [0.29, 0.717) is 21.6 Å². The van der Waals surface area contributed by atoms with Crippen molar-refractivity contribution in [2.45, 2.75) is 31.3 Å². The molecule has 1 aromatic heterocycles. The lowest BCUT2D eigenvalue weighted by atomic mass is 9.44. The maximum Gasteiger partial charge on any atom is 0.233 e. The molecule has 0 saturated heterocycles. The van der Waals surface area contributed by atoms with Gasteiger partial charge in [-0.1, -0.05) is 28.4 Å². The highest BCUT2D eigenvalue weighted by Gasteiger charge is 2.61.